The zero-order chi connectivity index (χ0) is 22.0. The zero-order valence-corrected chi connectivity index (χ0v) is 18.8. The maximum atomic E-state index is 5.97. The van der Waals surface area contributed by atoms with E-state index < -0.39 is 0 Å². The van der Waals surface area contributed by atoms with Crippen LogP contribution in [0.25, 0.3) is 10.9 Å². The molecule has 0 aliphatic rings. The summed E-state index contributed by atoms with van der Waals surface area (Å²) in [5.74, 6) is 1.63. The lowest BCUT2D eigenvalue weighted by atomic mass is 9.95. The number of benzene rings is 3. The van der Waals surface area contributed by atoms with Crippen molar-refractivity contribution in [3.63, 3.8) is 0 Å². The number of ether oxygens (including phenoxy) is 1. The minimum atomic E-state index is -0.0963. The third kappa shape index (κ3) is 4.92. The molecule has 0 fully saturated rings. The molecule has 3 aromatic carbocycles. The first-order valence-corrected chi connectivity index (χ1v) is 10.6. The molecular formula is C27H29N3O. The van der Waals surface area contributed by atoms with Gasteiger partial charge in [-0.3, -0.25) is 0 Å². The van der Waals surface area contributed by atoms with Crippen LogP contribution in [-0.4, -0.2) is 15.5 Å². The van der Waals surface area contributed by atoms with E-state index in [1.54, 1.807) is 6.33 Å². The van der Waals surface area contributed by atoms with Gasteiger partial charge < -0.3 is 10.1 Å². The van der Waals surface area contributed by atoms with E-state index >= 15 is 0 Å². The Labute approximate surface area is 184 Å². The van der Waals surface area contributed by atoms with Gasteiger partial charge in [-0.05, 0) is 87.7 Å². The molecule has 158 valence electrons. The Balaban J connectivity index is 1.74. The highest BCUT2D eigenvalue weighted by atomic mass is 16.5. The molecule has 1 N–H and O–H groups in total. The normalized spacial score (nSPS) is 12.7. The highest BCUT2D eigenvalue weighted by Crippen LogP contribution is 2.31. The summed E-state index contributed by atoms with van der Waals surface area (Å²) in [4.78, 5) is 9.24. The van der Waals surface area contributed by atoms with Gasteiger partial charge in [0.1, 0.15) is 17.8 Å². The average molecular weight is 412 g/mol. The Morgan fingerprint density at radius 1 is 0.806 bits per heavy atom. The van der Waals surface area contributed by atoms with E-state index in [-0.39, 0.29) is 11.6 Å². The van der Waals surface area contributed by atoms with E-state index in [0.717, 1.165) is 33.7 Å². The highest BCUT2D eigenvalue weighted by Gasteiger charge is 2.24. The van der Waals surface area contributed by atoms with Crippen LogP contribution in [0.2, 0.25) is 0 Å². The van der Waals surface area contributed by atoms with Crippen molar-refractivity contribution in [2.24, 2.45) is 0 Å². The van der Waals surface area contributed by atoms with Crippen LogP contribution in [-0.2, 0) is 0 Å². The second-order valence-electron chi connectivity index (χ2n) is 9.02. The summed E-state index contributed by atoms with van der Waals surface area (Å²) < 4.78 is 5.97. The van der Waals surface area contributed by atoms with E-state index in [2.05, 4.69) is 69.2 Å². The van der Waals surface area contributed by atoms with Gasteiger partial charge in [0.05, 0.1) is 17.3 Å². The molecule has 0 aliphatic carbocycles. The maximum Gasteiger partial charge on any atom is 0.127 e. The fourth-order valence-electron chi connectivity index (χ4n) is 3.66. The number of nitrogens with one attached hydrogen (secondary N) is 1. The number of nitrogens with zero attached hydrogens (tertiary/aromatic N) is 2. The minimum absolute atomic E-state index is 0.0709. The Hall–Kier alpha value is -3.24. The lowest BCUT2D eigenvalue weighted by Gasteiger charge is -2.29. The molecular weight excluding hydrogens is 382 g/mol. The Morgan fingerprint density at radius 2 is 1.45 bits per heavy atom. The first kappa shape index (κ1) is 21.0. The average Bonchev–Trinajstić information content (AvgIpc) is 2.73. The number of para-hydroxylation sites is 1. The number of aryl methyl sites for hydroxylation is 2. The number of aromatic nitrogens is 2. The minimum Gasteiger partial charge on any atom is -0.457 e. The molecule has 1 heterocycles. The number of rotatable bonds is 5. The van der Waals surface area contributed by atoms with Gasteiger partial charge in [-0.2, -0.15) is 0 Å². The van der Waals surface area contributed by atoms with E-state index in [1.807, 2.05) is 42.5 Å². The molecule has 0 bridgehead atoms. The monoisotopic (exact) mass is 411 g/mol. The standard InChI is InChI=1S/C27H29N3O/c1-18-15-23-24(16-19(18)2)28-17-29-26(23)25(30-27(3,4)5)20-11-13-22(14-12-20)31-21-9-7-6-8-10-21/h6-17,25,30H,1-5H3/t25-/m0/s1. The Kier molecular flexibility index (Phi) is 5.75. The van der Waals surface area contributed by atoms with Crippen molar-refractivity contribution in [3.05, 3.63) is 95.4 Å². The molecule has 0 spiro atoms. The largest absolute Gasteiger partial charge is 0.457 e. The van der Waals surface area contributed by atoms with Crippen molar-refractivity contribution in [1.82, 2.24) is 15.3 Å². The van der Waals surface area contributed by atoms with Crippen molar-refractivity contribution in [3.8, 4) is 11.5 Å². The summed E-state index contributed by atoms with van der Waals surface area (Å²) in [6, 6.07) is 22.3. The van der Waals surface area contributed by atoms with E-state index in [1.165, 1.54) is 11.1 Å². The second-order valence-corrected chi connectivity index (χ2v) is 9.02. The fourth-order valence-corrected chi connectivity index (χ4v) is 3.66. The van der Waals surface area contributed by atoms with Gasteiger partial charge in [-0.25, -0.2) is 9.97 Å². The summed E-state index contributed by atoms with van der Waals surface area (Å²) in [7, 11) is 0. The molecule has 31 heavy (non-hydrogen) atoms. The van der Waals surface area contributed by atoms with Crippen molar-refractivity contribution in [2.75, 3.05) is 0 Å². The van der Waals surface area contributed by atoms with Crippen LogP contribution >= 0.6 is 0 Å². The molecule has 0 amide bonds. The molecule has 0 unspecified atom stereocenters. The summed E-state index contributed by atoms with van der Waals surface area (Å²) in [5.41, 5.74) is 5.47. The van der Waals surface area contributed by atoms with Crippen LogP contribution in [0.5, 0.6) is 11.5 Å². The van der Waals surface area contributed by atoms with Crippen LogP contribution in [0, 0.1) is 13.8 Å². The summed E-state index contributed by atoms with van der Waals surface area (Å²) in [5, 5.41) is 4.83. The lowest BCUT2D eigenvalue weighted by Crippen LogP contribution is -2.39. The van der Waals surface area contributed by atoms with Gasteiger partial charge in [0.15, 0.2) is 0 Å². The number of hydrogen-bond donors (Lipinski definition) is 1. The SMILES string of the molecule is Cc1cc2ncnc([C@@H](NC(C)(C)C)c3ccc(Oc4ccccc4)cc3)c2cc1C. The molecule has 0 saturated carbocycles. The second kappa shape index (κ2) is 8.48. The molecule has 0 radical (unpaired) electrons. The number of fused-ring (bicyclic) bond motifs is 1. The van der Waals surface area contributed by atoms with E-state index in [9.17, 15) is 0 Å². The maximum absolute atomic E-state index is 5.97. The van der Waals surface area contributed by atoms with Crippen molar-refractivity contribution >= 4 is 10.9 Å². The van der Waals surface area contributed by atoms with Gasteiger partial charge in [0, 0.05) is 10.9 Å². The topological polar surface area (TPSA) is 47.0 Å². The van der Waals surface area contributed by atoms with Crippen LogP contribution in [0.1, 0.15) is 49.2 Å². The predicted octanol–water partition coefficient (Wildman–Crippen LogP) is 6.52. The van der Waals surface area contributed by atoms with Crippen LogP contribution in [0.3, 0.4) is 0 Å². The van der Waals surface area contributed by atoms with Crippen LogP contribution in [0.15, 0.2) is 73.1 Å². The molecule has 0 aliphatic heterocycles. The van der Waals surface area contributed by atoms with Gasteiger partial charge in [0.25, 0.3) is 0 Å². The third-order valence-corrected chi connectivity index (χ3v) is 5.32. The highest BCUT2D eigenvalue weighted by molar-refractivity contribution is 5.83. The van der Waals surface area contributed by atoms with Crippen LogP contribution < -0.4 is 10.1 Å². The van der Waals surface area contributed by atoms with Gasteiger partial charge >= 0.3 is 0 Å². The van der Waals surface area contributed by atoms with Crippen molar-refractivity contribution < 1.29 is 4.74 Å². The first-order chi connectivity index (χ1) is 14.8. The van der Waals surface area contributed by atoms with E-state index in [0.29, 0.717) is 0 Å². The predicted molar refractivity (Wildman–Crippen MR) is 127 cm³/mol. The van der Waals surface area contributed by atoms with Gasteiger partial charge in [-0.1, -0.05) is 30.3 Å². The molecule has 1 aromatic heterocycles. The summed E-state index contributed by atoms with van der Waals surface area (Å²) >= 11 is 0. The molecule has 4 rings (SSSR count). The zero-order valence-electron chi connectivity index (χ0n) is 18.8. The molecule has 4 aromatic rings. The van der Waals surface area contributed by atoms with Crippen molar-refractivity contribution in [1.29, 1.82) is 0 Å². The lowest BCUT2D eigenvalue weighted by molar-refractivity contribution is 0.388. The first-order valence-electron chi connectivity index (χ1n) is 10.6. The molecule has 1 atom stereocenters. The van der Waals surface area contributed by atoms with E-state index in [4.69, 9.17) is 9.72 Å². The van der Waals surface area contributed by atoms with Gasteiger partial charge in [0.2, 0.25) is 0 Å². The Morgan fingerprint density at radius 3 is 2.13 bits per heavy atom. The van der Waals surface area contributed by atoms with Crippen molar-refractivity contribution in [2.45, 2.75) is 46.2 Å². The molecule has 4 heteroatoms. The Bertz CT molecular complexity index is 1180. The fraction of sp³-hybridized carbons (Fsp3) is 0.259. The quantitative estimate of drug-likeness (QED) is 0.406. The summed E-state index contributed by atoms with van der Waals surface area (Å²) in [6.45, 7) is 10.8. The van der Waals surface area contributed by atoms with Crippen LogP contribution in [0.4, 0.5) is 0 Å². The van der Waals surface area contributed by atoms with Gasteiger partial charge in [-0.15, -0.1) is 0 Å². The molecule has 4 nitrogen and oxygen atoms in total. The summed E-state index contributed by atoms with van der Waals surface area (Å²) in [6.07, 6.45) is 1.66. The smallest absolute Gasteiger partial charge is 0.127 e. The third-order valence-electron chi connectivity index (χ3n) is 5.32. The number of hydrogen-bond acceptors (Lipinski definition) is 4. The molecule has 0 saturated heterocycles.